The summed E-state index contributed by atoms with van der Waals surface area (Å²) in [5, 5.41) is 21.6. The van der Waals surface area contributed by atoms with Crippen LogP contribution in [0.3, 0.4) is 0 Å². The molecule has 0 unspecified atom stereocenters. The third-order valence-corrected chi connectivity index (χ3v) is 7.22. The molecule has 1 heterocycles. The second-order valence-electron chi connectivity index (χ2n) is 9.38. The van der Waals surface area contributed by atoms with Crippen LogP contribution in [0, 0.1) is 17.0 Å². The molecule has 2 aromatic carbocycles. The molecule has 2 bridgehead atoms. The number of benzene rings is 2. The lowest BCUT2D eigenvalue weighted by atomic mass is 9.30. The summed E-state index contributed by atoms with van der Waals surface area (Å²) in [6.45, 7) is -1.60. The highest BCUT2D eigenvalue weighted by molar-refractivity contribution is 5.44. The standard InChI is InChI=1S/C23H20F6N4O2/c24-15-3-6-17(18(25)7-15)22(34,12-33-13-30-31-32-33)23(28,29)21-9-20(10-21,11-21)14-1-4-16(5-2-14)35-8-19(26)27/h1-7,13,19,34H,8-12H2/t20?,21?,22-/m0/s1. The van der Waals surface area contributed by atoms with Crippen LogP contribution in [0.25, 0.3) is 0 Å². The van der Waals surface area contributed by atoms with Crippen LogP contribution in [0.15, 0.2) is 48.8 Å². The number of aromatic nitrogens is 4. The Balaban J connectivity index is 1.41. The lowest BCUT2D eigenvalue weighted by Crippen LogP contribution is -2.76. The molecule has 3 aliphatic rings. The van der Waals surface area contributed by atoms with Gasteiger partial charge in [-0.2, -0.15) is 0 Å². The highest BCUT2D eigenvalue weighted by Gasteiger charge is 2.82. The zero-order valence-electron chi connectivity index (χ0n) is 18.1. The molecule has 3 saturated carbocycles. The number of hydrogen-bond donors (Lipinski definition) is 1. The molecule has 0 spiro atoms. The molecule has 0 aliphatic heterocycles. The fourth-order valence-electron chi connectivity index (χ4n) is 5.60. The normalized spacial score (nSPS) is 25.0. The monoisotopic (exact) mass is 498 g/mol. The van der Waals surface area contributed by atoms with E-state index in [0.717, 1.165) is 28.7 Å². The van der Waals surface area contributed by atoms with Crippen molar-refractivity contribution in [1.29, 1.82) is 0 Å². The van der Waals surface area contributed by atoms with E-state index in [2.05, 4.69) is 15.5 Å². The molecule has 6 nitrogen and oxygen atoms in total. The third-order valence-electron chi connectivity index (χ3n) is 7.22. The van der Waals surface area contributed by atoms with Gasteiger partial charge in [0, 0.05) is 17.0 Å². The minimum Gasteiger partial charge on any atom is -0.488 e. The smallest absolute Gasteiger partial charge is 0.287 e. The molecule has 3 fully saturated rings. The van der Waals surface area contributed by atoms with Gasteiger partial charge in [0.2, 0.25) is 0 Å². The molecule has 1 N–H and O–H groups in total. The van der Waals surface area contributed by atoms with Gasteiger partial charge in [-0.25, -0.2) is 31.0 Å². The molecule has 0 radical (unpaired) electrons. The maximum absolute atomic E-state index is 16.1. The quantitative estimate of drug-likeness (QED) is 0.447. The van der Waals surface area contributed by atoms with Crippen molar-refractivity contribution in [3.05, 3.63) is 71.6 Å². The second kappa shape index (κ2) is 7.94. The number of aliphatic hydroxyl groups is 1. The molecule has 186 valence electrons. The van der Waals surface area contributed by atoms with Gasteiger partial charge in [-0.05, 0) is 64.9 Å². The Morgan fingerprint density at radius 2 is 1.74 bits per heavy atom. The van der Waals surface area contributed by atoms with Gasteiger partial charge in [0.25, 0.3) is 12.3 Å². The lowest BCUT2D eigenvalue weighted by molar-refractivity contribution is -0.347. The topological polar surface area (TPSA) is 73.1 Å². The minimum atomic E-state index is -3.83. The Labute approximate surface area is 195 Å². The van der Waals surface area contributed by atoms with E-state index in [1.807, 2.05) is 0 Å². The molecule has 3 aliphatic carbocycles. The van der Waals surface area contributed by atoms with Gasteiger partial charge in [-0.3, -0.25) is 0 Å². The predicted octanol–water partition coefficient (Wildman–Crippen LogP) is 4.24. The molecule has 12 heteroatoms. The van der Waals surface area contributed by atoms with E-state index in [9.17, 15) is 22.7 Å². The first-order valence-corrected chi connectivity index (χ1v) is 10.8. The van der Waals surface area contributed by atoms with Crippen LogP contribution in [0.2, 0.25) is 0 Å². The Kier molecular flexibility index (Phi) is 5.35. The van der Waals surface area contributed by atoms with Crippen molar-refractivity contribution in [1.82, 2.24) is 20.2 Å². The van der Waals surface area contributed by atoms with Crippen molar-refractivity contribution in [3.8, 4) is 5.75 Å². The number of nitrogens with zero attached hydrogens (tertiary/aromatic N) is 4. The summed E-state index contributed by atoms with van der Waals surface area (Å²) in [7, 11) is 0. The van der Waals surface area contributed by atoms with Crippen molar-refractivity contribution in [2.24, 2.45) is 5.41 Å². The summed E-state index contributed by atoms with van der Waals surface area (Å²) in [6.07, 6.45) is -1.54. The highest BCUT2D eigenvalue weighted by Crippen LogP contribution is 2.80. The van der Waals surface area contributed by atoms with Crippen molar-refractivity contribution >= 4 is 0 Å². The van der Waals surface area contributed by atoms with Crippen molar-refractivity contribution < 1.29 is 36.2 Å². The van der Waals surface area contributed by atoms with E-state index >= 15 is 8.78 Å². The number of ether oxygens (including phenoxy) is 1. The maximum Gasteiger partial charge on any atom is 0.287 e. The largest absolute Gasteiger partial charge is 0.488 e. The first-order chi connectivity index (χ1) is 16.5. The fraction of sp³-hybridized carbons (Fsp3) is 0.435. The summed E-state index contributed by atoms with van der Waals surface area (Å²) in [5.41, 5.74) is -5.25. The summed E-state index contributed by atoms with van der Waals surface area (Å²) in [5.74, 6) is -5.86. The molecule has 1 atom stereocenters. The molecule has 6 rings (SSSR count). The Morgan fingerprint density at radius 1 is 1.06 bits per heavy atom. The van der Waals surface area contributed by atoms with Crippen LogP contribution < -0.4 is 4.74 Å². The Bertz CT molecular complexity index is 1200. The zero-order valence-corrected chi connectivity index (χ0v) is 18.1. The van der Waals surface area contributed by atoms with Gasteiger partial charge >= 0.3 is 0 Å². The van der Waals surface area contributed by atoms with E-state index in [4.69, 9.17) is 4.74 Å². The number of halogens is 6. The minimum absolute atomic E-state index is 0.0188. The van der Waals surface area contributed by atoms with Gasteiger partial charge in [0.05, 0.1) is 6.54 Å². The molecule has 1 aromatic heterocycles. The lowest BCUT2D eigenvalue weighted by Gasteiger charge is -2.74. The predicted molar refractivity (Wildman–Crippen MR) is 109 cm³/mol. The SMILES string of the molecule is O[C@@](Cn1cnnn1)(c1ccc(F)cc1F)C(F)(F)C12CC(c3ccc(OCC(F)F)cc3)(C1)C2. The number of hydrogen-bond acceptors (Lipinski definition) is 5. The summed E-state index contributed by atoms with van der Waals surface area (Å²) >= 11 is 0. The van der Waals surface area contributed by atoms with Gasteiger partial charge in [0.15, 0.2) is 5.60 Å². The molecular formula is C23H20F6N4O2. The molecule has 0 saturated heterocycles. The first kappa shape index (κ1) is 23.6. The van der Waals surface area contributed by atoms with Gasteiger partial charge in [-0.1, -0.05) is 12.1 Å². The molecular weight excluding hydrogens is 478 g/mol. The summed E-state index contributed by atoms with van der Waals surface area (Å²) in [6, 6.07) is 8.36. The number of tetrazole rings is 1. The van der Waals surface area contributed by atoms with Crippen LogP contribution in [0.1, 0.15) is 30.4 Å². The van der Waals surface area contributed by atoms with Crippen molar-refractivity contribution in [2.75, 3.05) is 6.61 Å². The van der Waals surface area contributed by atoms with Crippen LogP contribution in [0.5, 0.6) is 5.75 Å². The second-order valence-corrected chi connectivity index (χ2v) is 9.38. The van der Waals surface area contributed by atoms with Gasteiger partial charge in [-0.15, -0.1) is 5.10 Å². The van der Waals surface area contributed by atoms with E-state index in [-0.39, 0.29) is 25.0 Å². The average molecular weight is 498 g/mol. The Morgan fingerprint density at radius 3 is 2.31 bits per heavy atom. The molecule has 3 aromatic rings. The van der Waals surface area contributed by atoms with Crippen molar-refractivity contribution in [2.45, 2.75) is 49.2 Å². The van der Waals surface area contributed by atoms with Gasteiger partial charge < -0.3 is 9.84 Å². The Hall–Kier alpha value is -3.15. The first-order valence-electron chi connectivity index (χ1n) is 10.8. The number of rotatable bonds is 9. The maximum atomic E-state index is 16.1. The van der Waals surface area contributed by atoms with Crippen LogP contribution in [0.4, 0.5) is 26.3 Å². The van der Waals surface area contributed by atoms with E-state index < -0.39 is 59.1 Å². The zero-order chi connectivity index (χ0) is 25.1. The van der Waals surface area contributed by atoms with Gasteiger partial charge in [0.1, 0.15) is 30.3 Å². The van der Waals surface area contributed by atoms with Crippen LogP contribution in [-0.4, -0.2) is 44.3 Å². The van der Waals surface area contributed by atoms with E-state index in [0.29, 0.717) is 6.07 Å². The summed E-state index contributed by atoms with van der Waals surface area (Å²) < 4.78 is 90.9. The van der Waals surface area contributed by atoms with Crippen LogP contribution in [-0.2, 0) is 17.6 Å². The average Bonchev–Trinajstić information content (AvgIpc) is 3.23. The van der Waals surface area contributed by atoms with E-state index in [1.54, 1.807) is 12.1 Å². The third kappa shape index (κ3) is 3.57. The molecule has 0 amide bonds. The van der Waals surface area contributed by atoms with Crippen molar-refractivity contribution in [3.63, 3.8) is 0 Å². The van der Waals surface area contributed by atoms with E-state index in [1.165, 1.54) is 12.1 Å². The molecule has 35 heavy (non-hydrogen) atoms. The summed E-state index contributed by atoms with van der Waals surface area (Å²) in [4.78, 5) is 0. The van der Waals surface area contributed by atoms with Crippen LogP contribution >= 0.6 is 0 Å². The highest BCUT2D eigenvalue weighted by atomic mass is 19.3. The fourth-order valence-corrected chi connectivity index (χ4v) is 5.60. The number of alkyl halides is 4.